The fourth-order valence-corrected chi connectivity index (χ4v) is 3.13. The Hall–Kier alpha value is -2.39. The van der Waals surface area contributed by atoms with Crippen LogP contribution in [0.3, 0.4) is 0 Å². The first-order valence-electron chi connectivity index (χ1n) is 8.01. The molecule has 0 radical (unpaired) electrons. The van der Waals surface area contributed by atoms with E-state index in [0.29, 0.717) is 16.4 Å². The molecular formula is C19H13BrF3N3OS. The lowest BCUT2D eigenvalue weighted by molar-refractivity contribution is -0.137. The van der Waals surface area contributed by atoms with Crippen molar-refractivity contribution in [2.75, 3.05) is 11.1 Å². The Bertz CT molecular complexity index is 946. The van der Waals surface area contributed by atoms with Crippen molar-refractivity contribution >= 4 is 39.3 Å². The van der Waals surface area contributed by atoms with Gasteiger partial charge in [0.1, 0.15) is 5.03 Å². The van der Waals surface area contributed by atoms with Gasteiger partial charge in [-0.2, -0.15) is 13.2 Å². The molecule has 1 heterocycles. The Morgan fingerprint density at radius 2 is 1.64 bits per heavy atom. The number of hydrogen-bond donors (Lipinski definition) is 1. The fraction of sp³-hybridized carbons (Fsp3) is 0.105. The molecule has 144 valence electrons. The number of hydrogen-bond acceptors (Lipinski definition) is 4. The molecule has 0 saturated heterocycles. The summed E-state index contributed by atoms with van der Waals surface area (Å²) in [5.74, 6) is -0.281. The Morgan fingerprint density at radius 1 is 0.964 bits per heavy atom. The minimum atomic E-state index is -4.40. The van der Waals surface area contributed by atoms with E-state index in [-0.39, 0.29) is 11.7 Å². The van der Waals surface area contributed by atoms with Gasteiger partial charge >= 0.3 is 6.18 Å². The minimum absolute atomic E-state index is 0.0628. The Kier molecular flexibility index (Phi) is 6.35. The number of anilines is 1. The van der Waals surface area contributed by atoms with Gasteiger partial charge in [-0.05, 0) is 48.5 Å². The van der Waals surface area contributed by atoms with Gasteiger partial charge in [-0.1, -0.05) is 39.8 Å². The summed E-state index contributed by atoms with van der Waals surface area (Å²) >= 11 is 4.56. The summed E-state index contributed by atoms with van der Waals surface area (Å²) in [5, 5.41) is 11.4. The molecule has 4 nitrogen and oxygen atoms in total. The van der Waals surface area contributed by atoms with E-state index in [1.807, 2.05) is 30.3 Å². The lowest BCUT2D eigenvalue weighted by atomic mass is 10.1. The second kappa shape index (κ2) is 8.74. The normalized spacial score (nSPS) is 11.3. The van der Waals surface area contributed by atoms with Gasteiger partial charge in [0.15, 0.2) is 0 Å². The molecule has 0 spiro atoms. The van der Waals surface area contributed by atoms with E-state index in [0.717, 1.165) is 22.2 Å². The predicted octanol–water partition coefficient (Wildman–Crippen LogP) is 5.66. The van der Waals surface area contributed by atoms with Crippen LogP contribution in [0, 0.1) is 0 Å². The van der Waals surface area contributed by atoms with Gasteiger partial charge in [0.25, 0.3) is 0 Å². The number of benzene rings is 2. The monoisotopic (exact) mass is 467 g/mol. The number of alkyl halides is 3. The standard InChI is InChI=1S/C19H13BrF3N3OS/c20-14-5-1-12(2-6-14)16-9-10-18(26-25-16)28-11-17(27)24-15-7-3-13(4-8-15)19(21,22)23/h1-10H,11H2,(H,24,27). The van der Waals surface area contributed by atoms with Crippen molar-refractivity contribution in [2.45, 2.75) is 11.2 Å². The molecule has 0 bridgehead atoms. The molecule has 9 heteroatoms. The molecule has 0 aliphatic carbocycles. The molecule has 1 aromatic heterocycles. The van der Waals surface area contributed by atoms with Crippen molar-refractivity contribution in [3.05, 3.63) is 70.7 Å². The summed E-state index contributed by atoms with van der Waals surface area (Å²) in [6.07, 6.45) is -4.40. The largest absolute Gasteiger partial charge is 0.416 e. The molecular weight excluding hydrogens is 455 g/mol. The third-order valence-electron chi connectivity index (χ3n) is 3.63. The topological polar surface area (TPSA) is 54.9 Å². The Morgan fingerprint density at radius 3 is 2.21 bits per heavy atom. The van der Waals surface area contributed by atoms with Crippen LogP contribution in [-0.2, 0) is 11.0 Å². The van der Waals surface area contributed by atoms with E-state index < -0.39 is 11.7 Å². The van der Waals surface area contributed by atoms with Crippen LogP contribution in [0.15, 0.2) is 70.2 Å². The molecule has 0 saturated carbocycles. The summed E-state index contributed by atoms with van der Waals surface area (Å²) in [6, 6.07) is 15.5. The van der Waals surface area contributed by atoms with Gasteiger partial charge in [-0.25, -0.2) is 0 Å². The Balaban J connectivity index is 1.53. The quantitative estimate of drug-likeness (QED) is 0.492. The van der Waals surface area contributed by atoms with Gasteiger partial charge in [-0.15, -0.1) is 10.2 Å². The summed E-state index contributed by atoms with van der Waals surface area (Å²) in [6.45, 7) is 0. The lowest BCUT2D eigenvalue weighted by Crippen LogP contribution is -2.14. The minimum Gasteiger partial charge on any atom is -0.325 e. The zero-order chi connectivity index (χ0) is 20.1. The number of thioether (sulfide) groups is 1. The van der Waals surface area contributed by atoms with Crippen molar-refractivity contribution < 1.29 is 18.0 Å². The summed E-state index contributed by atoms with van der Waals surface area (Å²) in [5.41, 5.74) is 1.18. The molecule has 3 aromatic rings. The van der Waals surface area contributed by atoms with Crippen LogP contribution < -0.4 is 5.32 Å². The Labute approximate surface area is 171 Å². The second-order valence-electron chi connectivity index (χ2n) is 5.68. The van der Waals surface area contributed by atoms with Crippen molar-refractivity contribution in [1.82, 2.24) is 10.2 Å². The molecule has 0 aliphatic rings. The van der Waals surface area contributed by atoms with E-state index >= 15 is 0 Å². The van der Waals surface area contributed by atoms with Gasteiger partial charge in [0.2, 0.25) is 5.91 Å². The van der Waals surface area contributed by atoms with Crippen LogP contribution in [0.5, 0.6) is 0 Å². The number of carbonyl (C=O) groups is 1. The first-order valence-corrected chi connectivity index (χ1v) is 9.79. The van der Waals surface area contributed by atoms with Crippen LogP contribution >= 0.6 is 27.7 Å². The number of carbonyl (C=O) groups excluding carboxylic acids is 1. The average Bonchev–Trinajstić information content (AvgIpc) is 2.67. The maximum atomic E-state index is 12.5. The SMILES string of the molecule is O=C(CSc1ccc(-c2ccc(Br)cc2)nn1)Nc1ccc(C(F)(F)F)cc1. The highest BCUT2D eigenvalue weighted by Crippen LogP contribution is 2.30. The van der Waals surface area contributed by atoms with E-state index in [4.69, 9.17) is 0 Å². The predicted molar refractivity (Wildman–Crippen MR) is 106 cm³/mol. The zero-order valence-electron chi connectivity index (χ0n) is 14.2. The van der Waals surface area contributed by atoms with Crippen LogP contribution in [0.4, 0.5) is 18.9 Å². The smallest absolute Gasteiger partial charge is 0.325 e. The van der Waals surface area contributed by atoms with Gasteiger partial charge in [0, 0.05) is 15.7 Å². The van der Waals surface area contributed by atoms with E-state index in [9.17, 15) is 18.0 Å². The highest BCUT2D eigenvalue weighted by atomic mass is 79.9. The summed E-state index contributed by atoms with van der Waals surface area (Å²) in [7, 11) is 0. The lowest BCUT2D eigenvalue weighted by Gasteiger charge is -2.08. The third-order valence-corrected chi connectivity index (χ3v) is 5.08. The molecule has 3 rings (SSSR count). The maximum absolute atomic E-state index is 12.5. The van der Waals surface area contributed by atoms with E-state index in [1.54, 1.807) is 6.07 Å². The highest BCUT2D eigenvalue weighted by molar-refractivity contribution is 9.10. The van der Waals surface area contributed by atoms with Crippen molar-refractivity contribution in [1.29, 1.82) is 0 Å². The molecule has 0 aliphatic heterocycles. The number of rotatable bonds is 5. The second-order valence-corrected chi connectivity index (χ2v) is 7.59. The number of amides is 1. The first kappa shape index (κ1) is 20.3. The van der Waals surface area contributed by atoms with E-state index in [1.165, 1.54) is 23.9 Å². The molecule has 28 heavy (non-hydrogen) atoms. The zero-order valence-corrected chi connectivity index (χ0v) is 16.6. The summed E-state index contributed by atoms with van der Waals surface area (Å²) in [4.78, 5) is 12.0. The molecule has 0 fully saturated rings. The molecule has 2 aromatic carbocycles. The van der Waals surface area contributed by atoms with Crippen molar-refractivity contribution in [3.8, 4) is 11.3 Å². The number of nitrogens with zero attached hydrogens (tertiary/aromatic N) is 2. The van der Waals surface area contributed by atoms with Crippen LogP contribution in [-0.4, -0.2) is 21.9 Å². The van der Waals surface area contributed by atoms with Gasteiger partial charge in [0.05, 0.1) is 17.0 Å². The molecule has 0 atom stereocenters. The maximum Gasteiger partial charge on any atom is 0.416 e. The van der Waals surface area contributed by atoms with Gasteiger partial charge < -0.3 is 5.32 Å². The highest BCUT2D eigenvalue weighted by Gasteiger charge is 2.29. The van der Waals surface area contributed by atoms with Crippen molar-refractivity contribution in [2.24, 2.45) is 0 Å². The van der Waals surface area contributed by atoms with Gasteiger partial charge in [-0.3, -0.25) is 4.79 Å². The number of aromatic nitrogens is 2. The number of halogens is 4. The summed E-state index contributed by atoms with van der Waals surface area (Å²) < 4.78 is 38.6. The number of nitrogens with one attached hydrogen (secondary N) is 1. The van der Waals surface area contributed by atoms with Crippen LogP contribution in [0.1, 0.15) is 5.56 Å². The third kappa shape index (κ3) is 5.56. The molecule has 0 unspecified atom stereocenters. The van der Waals surface area contributed by atoms with E-state index in [2.05, 4.69) is 31.4 Å². The van der Waals surface area contributed by atoms with Crippen LogP contribution in [0.2, 0.25) is 0 Å². The molecule has 1 amide bonds. The van der Waals surface area contributed by atoms with Crippen LogP contribution in [0.25, 0.3) is 11.3 Å². The molecule has 1 N–H and O–H groups in total. The van der Waals surface area contributed by atoms with Crippen molar-refractivity contribution in [3.63, 3.8) is 0 Å². The fourth-order valence-electron chi connectivity index (χ4n) is 2.25. The average molecular weight is 468 g/mol. The first-order chi connectivity index (χ1) is 13.3.